The Hall–Kier alpha value is -1.06. The first kappa shape index (κ1) is 15.0. The molecule has 4 heteroatoms. The molecule has 2 rings (SSSR count). The second-order valence-electron chi connectivity index (χ2n) is 4.66. The molecule has 1 aromatic rings. The molecular weight excluding hydrogens is 248 g/mol. The van der Waals surface area contributed by atoms with Crippen molar-refractivity contribution in [1.82, 2.24) is 4.90 Å². The summed E-state index contributed by atoms with van der Waals surface area (Å²) in [6.07, 6.45) is 3.29. The standard InChI is InChI=1S/C14H20N2O.ClH/c15-9-10-16(14(17)13-7-4-8-13)11-12-5-2-1-3-6-12;/h1-3,5-6,13H,4,7-11,15H2;1H. The van der Waals surface area contributed by atoms with Crippen LogP contribution in [0, 0.1) is 5.92 Å². The molecule has 1 amide bonds. The molecule has 1 saturated carbocycles. The number of hydrogen-bond donors (Lipinski definition) is 1. The first-order chi connectivity index (χ1) is 8.31. The SMILES string of the molecule is Cl.NCCN(Cc1ccccc1)C(=O)C1CCC1. The van der Waals surface area contributed by atoms with E-state index in [4.69, 9.17) is 5.73 Å². The van der Waals surface area contributed by atoms with Crippen LogP contribution in [0.2, 0.25) is 0 Å². The quantitative estimate of drug-likeness (QED) is 0.890. The molecule has 0 unspecified atom stereocenters. The van der Waals surface area contributed by atoms with E-state index in [0.717, 1.165) is 12.8 Å². The van der Waals surface area contributed by atoms with Crippen LogP contribution in [0.4, 0.5) is 0 Å². The van der Waals surface area contributed by atoms with Gasteiger partial charge in [0.1, 0.15) is 0 Å². The summed E-state index contributed by atoms with van der Waals surface area (Å²) in [5.41, 5.74) is 6.76. The molecule has 0 aliphatic heterocycles. The Labute approximate surface area is 115 Å². The van der Waals surface area contributed by atoms with Gasteiger partial charge in [-0.05, 0) is 18.4 Å². The topological polar surface area (TPSA) is 46.3 Å². The van der Waals surface area contributed by atoms with Crippen molar-refractivity contribution in [2.45, 2.75) is 25.8 Å². The van der Waals surface area contributed by atoms with Crippen LogP contribution < -0.4 is 5.73 Å². The van der Waals surface area contributed by atoms with Gasteiger partial charge in [-0.3, -0.25) is 4.79 Å². The normalized spacial score (nSPS) is 14.5. The maximum atomic E-state index is 12.2. The van der Waals surface area contributed by atoms with Crippen molar-refractivity contribution in [2.24, 2.45) is 11.7 Å². The summed E-state index contributed by atoms with van der Waals surface area (Å²) in [6.45, 7) is 1.88. The van der Waals surface area contributed by atoms with Crippen LogP contribution in [-0.4, -0.2) is 23.9 Å². The van der Waals surface area contributed by atoms with Gasteiger partial charge in [0.05, 0.1) is 0 Å². The van der Waals surface area contributed by atoms with Crippen LogP contribution in [0.5, 0.6) is 0 Å². The number of nitrogens with two attached hydrogens (primary N) is 1. The maximum Gasteiger partial charge on any atom is 0.226 e. The van der Waals surface area contributed by atoms with Crippen molar-refractivity contribution in [1.29, 1.82) is 0 Å². The van der Waals surface area contributed by atoms with Gasteiger partial charge in [0.25, 0.3) is 0 Å². The number of nitrogens with zero attached hydrogens (tertiary/aromatic N) is 1. The third-order valence-electron chi connectivity index (χ3n) is 3.38. The van der Waals surface area contributed by atoms with E-state index in [9.17, 15) is 4.79 Å². The number of benzene rings is 1. The van der Waals surface area contributed by atoms with E-state index in [2.05, 4.69) is 12.1 Å². The summed E-state index contributed by atoms with van der Waals surface area (Å²) < 4.78 is 0. The van der Waals surface area contributed by atoms with E-state index in [1.807, 2.05) is 23.1 Å². The summed E-state index contributed by atoms with van der Waals surface area (Å²) in [5.74, 6) is 0.538. The minimum atomic E-state index is 0. The summed E-state index contributed by atoms with van der Waals surface area (Å²) in [4.78, 5) is 14.1. The third-order valence-corrected chi connectivity index (χ3v) is 3.38. The number of carbonyl (C=O) groups excluding carboxylic acids is 1. The molecule has 0 heterocycles. The van der Waals surface area contributed by atoms with Crippen LogP contribution in [0.15, 0.2) is 30.3 Å². The largest absolute Gasteiger partial charge is 0.337 e. The van der Waals surface area contributed by atoms with Crippen molar-refractivity contribution in [3.05, 3.63) is 35.9 Å². The summed E-state index contributed by atoms with van der Waals surface area (Å²) in [5, 5.41) is 0. The fourth-order valence-electron chi connectivity index (χ4n) is 2.14. The van der Waals surface area contributed by atoms with Gasteiger partial charge in [-0.15, -0.1) is 12.4 Å². The van der Waals surface area contributed by atoms with Crippen LogP contribution in [0.3, 0.4) is 0 Å². The highest BCUT2D eigenvalue weighted by atomic mass is 35.5. The van der Waals surface area contributed by atoms with Gasteiger partial charge in [-0.2, -0.15) is 0 Å². The van der Waals surface area contributed by atoms with Gasteiger partial charge in [-0.25, -0.2) is 0 Å². The predicted molar refractivity (Wildman–Crippen MR) is 75.5 cm³/mol. The number of halogens is 1. The number of carbonyl (C=O) groups is 1. The van der Waals surface area contributed by atoms with Crippen LogP contribution in [-0.2, 0) is 11.3 Å². The lowest BCUT2D eigenvalue weighted by Gasteiger charge is -2.31. The first-order valence-electron chi connectivity index (χ1n) is 6.34. The second kappa shape index (κ2) is 7.39. The van der Waals surface area contributed by atoms with E-state index in [1.165, 1.54) is 12.0 Å². The van der Waals surface area contributed by atoms with Gasteiger partial charge in [-0.1, -0.05) is 36.8 Å². The Morgan fingerprint density at radius 2 is 1.94 bits per heavy atom. The molecule has 2 N–H and O–H groups in total. The zero-order valence-corrected chi connectivity index (χ0v) is 11.4. The zero-order chi connectivity index (χ0) is 12.1. The molecule has 100 valence electrons. The maximum absolute atomic E-state index is 12.2. The van der Waals surface area contributed by atoms with E-state index in [-0.39, 0.29) is 24.2 Å². The molecule has 0 atom stereocenters. The van der Waals surface area contributed by atoms with Crippen molar-refractivity contribution in [3.8, 4) is 0 Å². The first-order valence-corrected chi connectivity index (χ1v) is 6.34. The molecule has 0 aromatic heterocycles. The lowest BCUT2D eigenvalue weighted by atomic mass is 9.84. The van der Waals surface area contributed by atoms with Crippen molar-refractivity contribution < 1.29 is 4.79 Å². The minimum Gasteiger partial charge on any atom is -0.337 e. The van der Waals surface area contributed by atoms with E-state index >= 15 is 0 Å². The average molecular weight is 269 g/mol. The monoisotopic (exact) mass is 268 g/mol. The average Bonchev–Trinajstić information content (AvgIpc) is 2.27. The Kier molecular flexibility index (Phi) is 6.16. The van der Waals surface area contributed by atoms with Gasteiger partial charge in [0, 0.05) is 25.6 Å². The predicted octanol–water partition coefficient (Wildman–Crippen LogP) is 2.20. The molecule has 0 bridgehead atoms. The highest BCUT2D eigenvalue weighted by Gasteiger charge is 2.28. The van der Waals surface area contributed by atoms with Gasteiger partial charge in [0.15, 0.2) is 0 Å². The lowest BCUT2D eigenvalue weighted by Crippen LogP contribution is -2.41. The van der Waals surface area contributed by atoms with Crippen LogP contribution in [0.1, 0.15) is 24.8 Å². The van der Waals surface area contributed by atoms with Crippen molar-refractivity contribution in [2.75, 3.05) is 13.1 Å². The molecule has 0 spiro atoms. The highest BCUT2D eigenvalue weighted by Crippen LogP contribution is 2.28. The van der Waals surface area contributed by atoms with Crippen LogP contribution in [0.25, 0.3) is 0 Å². The Morgan fingerprint density at radius 1 is 1.28 bits per heavy atom. The summed E-state index contributed by atoms with van der Waals surface area (Å²) >= 11 is 0. The van der Waals surface area contributed by atoms with E-state index in [1.54, 1.807) is 0 Å². The molecule has 3 nitrogen and oxygen atoms in total. The van der Waals surface area contributed by atoms with E-state index in [0.29, 0.717) is 19.6 Å². The number of hydrogen-bond acceptors (Lipinski definition) is 2. The second-order valence-corrected chi connectivity index (χ2v) is 4.66. The molecule has 18 heavy (non-hydrogen) atoms. The summed E-state index contributed by atoms with van der Waals surface area (Å²) in [7, 11) is 0. The molecule has 1 aliphatic rings. The van der Waals surface area contributed by atoms with E-state index < -0.39 is 0 Å². The third kappa shape index (κ3) is 3.72. The molecule has 1 aromatic carbocycles. The van der Waals surface area contributed by atoms with Gasteiger partial charge < -0.3 is 10.6 Å². The van der Waals surface area contributed by atoms with Gasteiger partial charge >= 0.3 is 0 Å². The molecule has 0 saturated heterocycles. The lowest BCUT2D eigenvalue weighted by molar-refractivity contribution is -0.138. The smallest absolute Gasteiger partial charge is 0.226 e. The molecule has 1 aliphatic carbocycles. The number of rotatable bonds is 5. The fraction of sp³-hybridized carbons (Fsp3) is 0.500. The Balaban J connectivity index is 0.00000162. The molecular formula is C14H21ClN2O. The molecule has 1 fully saturated rings. The van der Waals surface area contributed by atoms with Crippen LogP contribution >= 0.6 is 12.4 Å². The summed E-state index contributed by atoms with van der Waals surface area (Å²) in [6, 6.07) is 10.1. The fourth-order valence-corrected chi connectivity index (χ4v) is 2.14. The Morgan fingerprint density at radius 3 is 2.44 bits per heavy atom. The number of amides is 1. The highest BCUT2D eigenvalue weighted by molar-refractivity contribution is 5.85. The molecule has 0 radical (unpaired) electrons. The van der Waals surface area contributed by atoms with Crippen molar-refractivity contribution >= 4 is 18.3 Å². The zero-order valence-electron chi connectivity index (χ0n) is 10.5. The Bertz CT molecular complexity index is 365. The van der Waals surface area contributed by atoms with Crippen molar-refractivity contribution in [3.63, 3.8) is 0 Å². The van der Waals surface area contributed by atoms with Gasteiger partial charge in [0.2, 0.25) is 5.91 Å². The minimum absolute atomic E-state index is 0.